The minimum absolute atomic E-state index is 0.311. The zero-order valence-electron chi connectivity index (χ0n) is 9.75. The summed E-state index contributed by atoms with van der Waals surface area (Å²) < 4.78 is 0. The van der Waals surface area contributed by atoms with Gasteiger partial charge in [-0.3, -0.25) is 0 Å². The second-order valence-corrected chi connectivity index (χ2v) is 3.63. The van der Waals surface area contributed by atoms with Gasteiger partial charge in [-0.25, -0.2) is 4.79 Å². The van der Waals surface area contributed by atoms with Gasteiger partial charge in [0.25, 0.3) is 0 Å². The summed E-state index contributed by atoms with van der Waals surface area (Å²) in [5.41, 5.74) is 3.48. The van der Waals surface area contributed by atoms with Crippen LogP contribution in [0.1, 0.15) is 25.3 Å². The van der Waals surface area contributed by atoms with Gasteiger partial charge in [0.2, 0.25) is 0 Å². The molecule has 0 aromatic heterocycles. The molecular weight excluding hydrogens is 204 g/mol. The van der Waals surface area contributed by atoms with Gasteiger partial charge in [-0.15, -0.1) is 0 Å². The van der Waals surface area contributed by atoms with Gasteiger partial charge >= 0.3 is 6.03 Å². The summed E-state index contributed by atoms with van der Waals surface area (Å²) in [4.78, 5) is 16.3. The summed E-state index contributed by atoms with van der Waals surface area (Å²) >= 11 is 0. The fourth-order valence-electron chi connectivity index (χ4n) is 1.13. The van der Waals surface area contributed by atoms with E-state index in [9.17, 15) is 4.79 Å². The summed E-state index contributed by atoms with van der Waals surface area (Å²) in [6.07, 6.45) is 2.02. The van der Waals surface area contributed by atoms with Crippen LogP contribution in [-0.2, 0) is 0 Å². The normalized spacial score (nSPS) is 9.62. The molecular formula is C12H18N2O2. The number of rotatable bonds is 5. The standard InChI is InChI=1S/C12H18N2O2/c1-3-4-9-13-12(15)14-16-11-7-5-10(2)6-8-11/h5-8H,3-4,9H2,1-2H3,(H2,13,14,15). The zero-order valence-corrected chi connectivity index (χ0v) is 9.75. The number of aryl methyl sites for hydroxylation is 1. The van der Waals surface area contributed by atoms with E-state index in [1.165, 1.54) is 0 Å². The Balaban J connectivity index is 2.23. The third kappa shape index (κ3) is 4.68. The topological polar surface area (TPSA) is 50.4 Å². The van der Waals surface area contributed by atoms with Gasteiger partial charge in [0, 0.05) is 6.54 Å². The van der Waals surface area contributed by atoms with E-state index in [1.54, 1.807) is 0 Å². The van der Waals surface area contributed by atoms with Crippen molar-refractivity contribution in [2.45, 2.75) is 26.7 Å². The zero-order chi connectivity index (χ0) is 11.8. The van der Waals surface area contributed by atoms with E-state index in [0.717, 1.165) is 18.4 Å². The smallest absolute Gasteiger partial charge is 0.347 e. The van der Waals surface area contributed by atoms with E-state index in [4.69, 9.17) is 4.84 Å². The van der Waals surface area contributed by atoms with Crippen LogP contribution in [0.25, 0.3) is 0 Å². The summed E-state index contributed by atoms with van der Waals surface area (Å²) in [5.74, 6) is 0.622. The lowest BCUT2D eigenvalue weighted by Crippen LogP contribution is -2.37. The van der Waals surface area contributed by atoms with Gasteiger partial charge in [0.1, 0.15) is 0 Å². The Kier molecular flexibility index (Phi) is 5.19. The maximum absolute atomic E-state index is 11.2. The van der Waals surface area contributed by atoms with Gasteiger partial charge in [-0.1, -0.05) is 31.0 Å². The molecule has 0 heterocycles. The predicted octanol–water partition coefficient (Wildman–Crippen LogP) is 2.39. The quantitative estimate of drug-likeness (QED) is 0.593. The molecule has 88 valence electrons. The van der Waals surface area contributed by atoms with Gasteiger partial charge < -0.3 is 10.2 Å². The van der Waals surface area contributed by atoms with Gasteiger partial charge in [-0.2, -0.15) is 5.48 Å². The van der Waals surface area contributed by atoms with Crippen molar-refractivity contribution in [1.29, 1.82) is 0 Å². The van der Waals surface area contributed by atoms with E-state index < -0.39 is 0 Å². The molecule has 4 heteroatoms. The van der Waals surface area contributed by atoms with Crippen molar-refractivity contribution >= 4 is 6.03 Å². The van der Waals surface area contributed by atoms with Crippen LogP contribution in [0.4, 0.5) is 4.79 Å². The van der Waals surface area contributed by atoms with E-state index in [1.807, 2.05) is 31.2 Å². The number of unbranched alkanes of at least 4 members (excludes halogenated alkanes) is 1. The maximum Gasteiger partial charge on any atom is 0.347 e. The van der Waals surface area contributed by atoms with Crippen LogP contribution >= 0.6 is 0 Å². The summed E-state index contributed by atoms with van der Waals surface area (Å²) in [6, 6.07) is 7.15. The third-order valence-corrected chi connectivity index (χ3v) is 2.10. The number of hydroxylamine groups is 1. The number of carbonyl (C=O) groups excluding carboxylic acids is 1. The molecule has 0 unspecified atom stereocenters. The number of hydrogen-bond donors (Lipinski definition) is 2. The maximum atomic E-state index is 11.2. The Labute approximate surface area is 95.9 Å². The lowest BCUT2D eigenvalue weighted by atomic mass is 10.2. The highest BCUT2D eigenvalue weighted by Crippen LogP contribution is 2.09. The lowest BCUT2D eigenvalue weighted by molar-refractivity contribution is 0.178. The first-order valence-electron chi connectivity index (χ1n) is 5.49. The van der Waals surface area contributed by atoms with Crippen LogP contribution in [-0.4, -0.2) is 12.6 Å². The molecule has 16 heavy (non-hydrogen) atoms. The van der Waals surface area contributed by atoms with Crippen LogP contribution in [0.2, 0.25) is 0 Å². The number of carbonyl (C=O) groups is 1. The molecule has 1 aromatic carbocycles. The van der Waals surface area contributed by atoms with Crippen molar-refractivity contribution in [3.8, 4) is 5.75 Å². The molecule has 0 fully saturated rings. The average Bonchev–Trinajstić information content (AvgIpc) is 2.29. The van der Waals surface area contributed by atoms with Crippen molar-refractivity contribution < 1.29 is 9.63 Å². The number of benzene rings is 1. The van der Waals surface area contributed by atoms with Crippen molar-refractivity contribution in [2.75, 3.05) is 6.54 Å². The third-order valence-electron chi connectivity index (χ3n) is 2.10. The van der Waals surface area contributed by atoms with E-state index in [2.05, 4.69) is 17.7 Å². The fourth-order valence-corrected chi connectivity index (χ4v) is 1.13. The Bertz CT molecular complexity index is 322. The first-order chi connectivity index (χ1) is 7.72. The predicted molar refractivity (Wildman–Crippen MR) is 63.2 cm³/mol. The summed E-state index contributed by atoms with van der Waals surface area (Å²) in [7, 11) is 0. The fraction of sp³-hybridized carbons (Fsp3) is 0.417. The SMILES string of the molecule is CCCCNC(=O)NOc1ccc(C)cc1. The molecule has 1 rings (SSSR count). The molecule has 4 nitrogen and oxygen atoms in total. The molecule has 0 radical (unpaired) electrons. The van der Waals surface area contributed by atoms with Crippen molar-refractivity contribution in [1.82, 2.24) is 10.8 Å². The van der Waals surface area contributed by atoms with Crippen molar-refractivity contribution in [2.24, 2.45) is 0 Å². The molecule has 0 atom stereocenters. The molecule has 2 N–H and O–H groups in total. The molecule has 0 spiro atoms. The average molecular weight is 222 g/mol. The second-order valence-electron chi connectivity index (χ2n) is 3.63. The van der Waals surface area contributed by atoms with Crippen LogP contribution in [0.3, 0.4) is 0 Å². The molecule has 0 aliphatic carbocycles. The number of amides is 2. The van der Waals surface area contributed by atoms with E-state index >= 15 is 0 Å². The minimum atomic E-state index is -0.311. The van der Waals surface area contributed by atoms with E-state index in [-0.39, 0.29) is 6.03 Å². The Morgan fingerprint density at radius 2 is 2.00 bits per heavy atom. The van der Waals surface area contributed by atoms with Crippen LogP contribution < -0.4 is 15.6 Å². The summed E-state index contributed by atoms with van der Waals surface area (Å²) in [6.45, 7) is 4.73. The number of hydrogen-bond acceptors (Lipinski definition) is 2. The molecule has 0 bridgehead atoms. The second kappa shape index (κ2) is 6.71. The van der Waals surface area contributed by atoms with Crippen LogP contribution in [0.5, 0.6) is 5.75 Å². The largest absolute Gasteiger partial charge is 0.378 e. The minimum Gasteiger partial charge on any atom is -0.378 e. The van der Waals surface area contributed by atoms with Gasteiger partial charge in [0.05, 0.1) is 0 Å². The molecule has 2 amide bonds. The van der Waals surface area contributed by atoms with Crippen LogP contribution in [0.15, 0.2) is 24.3 Å². The Hall–Kier alpha value is -1.71. The molecule has 1 aromatic rings. The number of urea groups is 1. The highest BCUT2D eigenvalue weighted by Gasteiger charge is 1.99. The highest BCUT2D eigenvalue weighted by atomic mass is 16.7. The first kappa shape index (κ1) is 12.4. The van der Waals surface area contributed by atoms with Crippen molar-refractivity contribution in [3.63, 3.8) is 0 Å². The summed E-state index contributed by atoms with van der Waals surface area (Å²) in [5, 5.41) is 2.69. The molecule has 0 saturated carbocycles. The Morgan fingerprint density at radius 1 is 1.31 bits per heavy atom. The molecule has 0 aliphatic rings. The lowest BCUT2D eigenvalue weighted by Gasteiger charge is -2.08. The monoisotopic (exact) mass is 222 g/mol. The van der Waals surface area contributed by atoms with E-state index in [0.29, 0.717) is 12.3 Å². The van der Waals surface area contributed by atoms with Gasteiger partial charge in [0.15, 0.2) is 5.75 Å². The van der Waals surface area contributed by atoms with Gasteiger partial charge in [-0.05, 0) is 25.5 Å². The van der Waals surface area contributed by atoms with Crippen molar-refractivity contribution in [3.05, 3.63) is 29.8 Å². The van der Waals surface area contributed by atoms with Crippen LogP contribution in [0, 0.1) is 6.92 Å². The highest BCUT2D eigenvalue weighted by molar-refractivity contribution is 5.72. The Morgan fingerprint density at radius 3 is 2.62 bits per heavy atom. The first-order valence-corrected chi connectivity index (χ1v) is 5.49. The molecule has 0 aliphatic heterocycles. The number of nitrogens with one attached hydrogen (secondary N) is 2. The molecule has 0 saturated heterocycles.